The van der Waals surface area contributed by atoms with Gasteiger partial charge >= 0.3 is 0 Å². The molecule has 0 heterocycles. The fourth-order valence-electron chi connectivity index (χ4n) is 1.01. The summed E-state index contributed by atoms with van der Waals surface area (Å²) in [5.74, 6) is 0.791. The van der Waals surface area contributed by atoms with Crippen LogP contribution in [0.4, 0.5) is 0 Å². The molecule has 0 aliphatic heterocycles. The smallest absolute Gasteiger partial charge is 0.227 e. The number of hydrogen-bond donors (Lipinski definition) is 1. The van der Waals surface area contributed by atoms with E-state index in [2.05, 4.69) is 12.2 Å². The lowest BCUT2D eigenvalue weighted by Gasteiger charge is -2.07. The Morgan fingerprint density at radius 1 is 1.42 bits per heavy atom. The summed E-state index contributed by atoms with van der Waals surface area (Å²) in [5.41, 5.74) is 0. The van der Waals surface area contributed by atoms with Gasteiger partial charge in [-0.2, -0.15) is 0 Å². The lowest BCUT2D eigenvalue weighted by atomic mass is 10.1. The number of rotatable bonds is 4. The Balaban J connectivity index is 2.10. The minimum absolute atomic E-state index is 0.0356. The molecule has 65 valence electrons. The standard InChI is InChI=1S/C10H14NO/c1-2-3-8-11-10(12)9-6-4-5-7-9/h4-7H,2-3,8H2,1H3,(H,11,12). The largest absolute Gasteiger partial charge is 0.356 e. The molecule has 0 saturated heterocycles. The fourth-order valence-corrected chi connectivity index (χ4v) is 1.01. The van der Waals surface area contributed by atoms with Crippen LogP contribution >= 0.6 is 0 Å². The zero-order valence-electron chi connectivity index (χ0n) is 7.34. The van der Waals surface area contributed by atoms with E-state index in [1.165, 1.54) is 0 Å². The maximum Gasteiger partial charge on any atom is 0.227 e. The topological polar surface area (TPSA) is 29.1 Å². The van der Waals surface area contributed by atoms with Gasteiger partial charge in [0.15, 0.2) is 0 Å². The molecular formula is C10H14NO. The van der Waals surface area contributed by atoms with Gasteiger partial charge in [-0.05, 0) is 32.1 Å². The van der Waals surface area contributed by atoms with Crippen molar-refractivity contribution in [3.05, 3.63) is 31.6 Å². The van der Waals surface area contributed by atoms with E-state index in [9.17, 15) is 4.79 Å². The molecule has 12 heavy (non-hydrogen) atoms. The fraction of sp³-hybridized carbons (Fsp3) is 0.400. The molecule has 1 fully saturated rings. The van der Waals surface area contributed by atoms with E-state index in [1.54, 1.807) is 0 Å². The Morgan fingerprint density at radius 2 is 2.08 bits per heavy atom. The van der Waals surface area contributed by atoms with Gasteiger partial charge in [0.2, 0.25) is 5.91 Å². The molecule has 0 spiro atoms. The molecule has 0 bridgehead atoms. The molecule has 1 aliphatic rings. The first-order valence-electron chi connectivity index (χ1n) is 4.34. The second kappa shape index (κ2) is 5.18. The summed E-state index contributed by atoms with van der Waals surface area (Å²) in [5, 5.41) is 2.85. The molecular weight excluding hydrogens is 150 g/mol. The van der Waals surface area contributed by atoms with Gasteiger partial charge in [0.05, 0.1) is 5.92 Å². The summed E-state index contributed by atoms with van der Waals surface area (Å²) in [6.07, 6.45) is 9.54. The first-order valence-corrected chi connectivity index (χ1v) is 4.34. The first-order chi connectivity index (χ1) is 5.84. The Morgan fingerprint density at radius 3 is 2.67 bits per heavy atom. The predicted octanol–water partition coefficient (Wildman–Crippen LogP) is 1.31. The molecule has 2 nitrogen and oxygen atoms in total. The highest BCUT2D eigenvalue weighted by molar-refractivity contribution is 5.95. The molecule has 0 unspecified atom stereocenters. The normalized spacial score (nSPS) is 18.1. The van der Waals surface area contributed by atoms with Crippen LogP contribution < -0.4 is 5.32 Å². The maximum absolute atomic E-state index is 11.3. The van der Waals surface area contributed by atoms with Crippen molar-refractivity contribution in [2.45, 2.75) is 19.8 Å². The van der Waals surface area contributed by atoms with Crippen LogP contribution in [-0.4, -0.2) is 12.5 Å². The molecule has 0 aromatic rings. The average molecular weight is 164 g/mol. The van der Waals surface area contributed by atoms with Crippen molar-refractivity contribution >= 4 is 5.91 Å². The average Bonchev–Trinajstić information content (AvgIpc) is 2.56. The van der Waals surface area contributed by atoms with E-state index in [0.717, 1.165) is 25.3 Å². The van der Waals surface area contributed by atoms with Crippen LogP contribution in [0.5, 0.6) is 0 Å². The molecule has 0 atom stereocenters. The van der Waals surface area contributed by atoms with Crippen LogP contribution in [0.25, 0.3) is 0 Å². The van der Waals surface area contributed by atoms with Gasteiger partial charge < -0.3 is 5.32 Å². The van der Waals surface area contributed by atoms with E-state index in [4.69, 9.17) is 0 Å². The highest BCUT2D eigenvalue weighted by atomic mass is 16.1. The van der Waals surface area contributed by atoms with Gasteiger partial charge in [0, 0.05) is 6.54 Å². The van der Waals surface area contributed by atoms with Crippen molar-refractivity contribution in [2.24, 2.45) is 0 Å². The van der Waals surface area contributed by atoms with Gasteiger partial charge in [-0.25, -0.2) is 0 Å². The molecule has 0 aromatic heterocycles. The SMILES string of the molecule is CCCCNC(=O)[C]1[CH][CH][CH][CH]1. The zero-order valence-corrected chi connectivity index (χ0v) is 7.34. The van der Waals surface area contributed by atoms with Gasteiger partial charge in [-0.15, -0.1) is 0 Å². The van der Waals surface area contributed by atoms with Crippen LogP contribution in [-0.2, 0) is 4.79 Å². The van der Waals surface area contributed by atoms with E-state index in [0.29, 0.717) is 0 Å². The number of carbonyl (C=O) groups is 1. The summed E-state index contributed by atoms with van der Waals surface area (Å²) >= 11 is 0. The van der Waals surface area contributed by atoms with Crippen LogP contribution in [0.1, 0.15) is 19.8 Å². The molecule has 1 aliphatic carbocycles. The molecule has 0 aromatic carbocycles. The number of unbranched alkanes of at least 4 members (excludes halogenated alkanes) is 1. The van der Waals surface area contributed by atoms with E-state index >= 15 is 0 Å². The van der Waals surface area contributed by atoms with E-state index < -0.39 is 0 Å². The minimum atomic E-state index is 0.0356. The summed E-state index contributed by atoms with van der Waals surface area (Å²) < 4.78 is 0. The lowest BCUT2D eigenvalue weighted by Crippen LogP contribution is -2.29. The van der Waals surface area contributed by atoms with Gasteiger partial charge in [-0.3, -0.25) is 4.79 Å². The molecule has 1 amide bonds. The van der Waals surface area contributed by atoms with Gasteiger partial charge in [0.1, 0.15) is 0 Å². The maximum atomic E-state index is 11.3. The molecule has 2 heteroatoms. The van der Waals surface area contributed by atoms with Crippen LogP contribution in [0, 0.1) is 31.6 Å². The van der Waals surface area contributed by atoms with E-state index in [1.807, 2.05) is 25.7 Å². The highest BCUT2D eigenvalue weighted by Crippen LogP contribution is 2.22. The molecule has 1 saturated carbocycles. The Kier molecular flexibility index (Phi) is 4.12. The quantitative estimate of drug-likeness (QED) is 0.623. The number of carbonyl (C=O) groups excluding carboxylic acids is 1. The third kappa shape index (κ3) is 2.84. The van der Waals surface area contributed by atoms with Crippen LogP contribution in [0.2, 0.25) is 0 Å². The minimum Gasteiger partial charge on any atom is -0.356 e. The van der Waals surface area contributed by atoms with Crippen LogP contribution in [0.15, 0.2) is 0 Å². The van der Waals surface area contributed by atoms with Gasteiger partial charge in [-0.1, -0.05) is 13.3 Å². The lowest BCUT2D eigenvalue weighted by molar-refractivity contribution is -0.118. The third-order valence-corrected chi connectivity index (χ3v) is 1.74. The Bertz CT molecular complexity index is 139. The van der Waals surface area contributed by atoms with Crippen molar-refractivity contribution in [2.75, 3.05) is 6.54 Å². The summed E-state index contributed by atoms with van der Waals surface area (Å²) in [7, 11) is 0. The first kappa shape index (κ1) is 9.56. The molecule has 1 rings (SSSR count). The molecule has 5 radical (unpaired) electrons. The Labute approximate surface area is 74.7 Å². The number of nitrogens with one attached hydrogen (secondary N) is 1. The molecule has 1 N–H and O–H groups in total. The summed E-state index contributed by atoms with van der Waals surface area (Å²) in [6, 6.07) is 0. The van der Waals surface area contributed by atoms with Crippen molar-refractivity contribution < 1.29 is 4.79 Å². The zero-order chi connectivity index (χ0) is 8.81. The second-order valence-electron chi connectivity index (χ2n) is 2.78. The van der Waals surface area contributed by atoms with Crippen molar-refractivity contribution in [3.63, 3.8) is 0 Å². The number of hydrogen-bond acceptors (Lipinski definition) is 1. The van der Waals surface area contributed by atoms with E-state index in [-0.39, 0.29) is 5.91 Å². The van der Waals surface area contributed by atoms with Gasteiger partial charge in [0.25, 0.3) is 0 Å². The monoisotopic (exact) mass is 164 g/mol. The summed E-state index contributed by atoms with van der Waals surface area (Å²) in [6.45, 7) is 2.88. The van der Waals surface area contributed by atoms with Crippen molar-refractivity contribution in [3.8, 4) is 0 Å². The Hall–Kier alpha value is -0.530. The highest BCUT2D eigenvalue weighted by Gasteiger charge is 2.23. The van der Waals surface area contributed by atoms with Crippen LogP contribution in [0.3, 0.4) is 0 Å². The van der Waals surface area contributed by atoms with Crippen molar-refractivity contribution in [1.29, 1.82) is 0 Å². The third-order valence-electron chi connectivity index (χ3n) is 1.74. The second-order valence-corrected chi connectivity index (χ2v) is 2.78. The summed E-state index contributed by atoms with van der Waals surface area (Å²) in [4.78, 5) is 11.3. The van der Waals surface area contributed by atoms with Crippen molar-refractivity contribution in [1.82, 2.24) is 5.32 Å². The predicted molar refractivity (Wildman–Crippen MR) is 48.4 cm³/mol. The number of amides is 1.